The number of aryl methyl sites for hydroxylation is 1. The van der Waals surface area contributed by atoms with E-state index in [1.807, 2.05) is 13.8 Å². The zero-order chi connectivity index (χ0) is 12.7. The first-order valence-corrected chi connectivity index (χ1v) is 6.60. The minimum absolute atomic E-state index is 0.388. The van der Waals surface area contributed by atoms with Crippen LogP contribution in [0, 0.1) is 6.92 Å². The Kier molecular flexibility index (Phi) is 3.74. The third-order valence-electron chi connectivity index (χ3n) is 2.70. The average molecular weight is 309 g/mol. The van der Waals surface area contributed by atoms with Crippen LogP contribution in [0.5, 0.6) is 0 Å². The second-order valence-electron chi connectivity index (χ2n) is 3.72. The highest BCUT2D eigenvalue weighted by molar-refractivity contribution is 6.50. The molecule has 1 aromatic carbocycles. The Balaban J connectivity index is 3.02. The van der Waals surface area contributed by atoms with Crippen molar-refractivity contribution in [1.29, 1.82) is 0 Å². The van der Waals surface area contributed by atoms with E-state index in [1.54, 1.807) is 6.07 Å². The summed E-state index contributed by atoms with van der Waals surface area (Å²) < 4.78 is 0. The quantitative estimate of drug-likeness (QED) is 0.614. The number of hydrogen-bond acceptors (Lipinski definition) is 1. The lowest BCUT2D eigenvalue weighted by atomic mass is 10.1. The van der Waals surface area contributed by atoms with Crippen LogP contribution in [-0.4, -0.2) is 4.98 Å². The van der Waals surface area contributed by atoms with Gasteiger partial charge in [0.15, 0.2) is 0 Å². The summed E-state index contributed by atoms with van der Waals surface area (Å²) in [5.74, 6) is 0. The molecular weight excluding hydrogens is 300 g/mol. The molecule has 0 saturated carbocycles. The molecule has 0 aliphatic rings. The van der Waals surface area contributed by atoms with Gasteiger partial charge in [-0.25, -0.2) is 0 Å². The van der Waals surface area contributed by atoms with E-state index in [0.717, 1.165) is 17.7 Å². The first kappa shape index (κ1) is 13.2. The summed E-state index contributed by atoms with van der Waals surface area (Å²) in [7, 11) is 0. The van der Waals surface area contributed by atoms with Gasteiger partial charge in [0.05, 0.1) is 25.6 Å². The fourth-order valence-electron chi connectivity index (χ4n) is 1.85. The fraction of sp³-hybridized carbons (Fsp3) is 0.250. The standard InChI is InChI=1S/C12H9Cl4N/c1-3-6-5(2)17-12-8(14)4-7(13)11(16)9(12)10(6)15/h4H,3H2,1-2H3. The zero-order valence-electron chi connectivity index (χ0n) is 9.24. The molecule has 0 bridgehead atoms. The van der Waals surface area contributed by atoms with Gasteiger partial charge < -0.3 is 0 Å². The Morgan fingerprint density at radius 2 is 1.71 bits per heavy atom. The van der Waals surface area contributed by atoms with Crippen LogP contribution in [0.2, 0.25) is 20.1 Å². The topological polar surface area (TPSA) is 12.9 Å². The highest BCUT2D eigenvalue weighted by atomic mass is 35.5. The molecule has 2 rings (SSSR count). The molecule has 0 atom stereocenters. The Hall–Kier alpha value is -0.210. The molecule has 0 saturated heterocycles. The second kappa shape index (κ2) is 4.81. The molecule has 1 nitrogen and oxygen atoms in total. The van der Waals surface area contributed by atoms with Gasteiger partial charge in [-0.2, -0.15) is 0 Å². The van der Waals surface area contributed by atoms with E-state index in [4.69, 9.17) is 46.4 Å². The van der Waals surface area contributed by atoms with Gasteiger partial charge in [0.25, 0.3) is 0 Å². The molecule has 2 aromatic rings. The van der Waals surface area contributed by atoms with Gasteiger partial charge in [0, 0.05) is 11.1 Å². The van der Waals surface area contributed by atoms with Crippen molar-refractivity contribution < 1.29 is 0 Å². The normalized spacial score (nSPS) is 11.2. The minimum atomic E-state index is 0.388. The monoisotopic (exact) mass is 307 g/mol. The number of benzene rings is 1. The van der Waals surface area contributed by atoms with E-state index in [-0.39, 0.29) is 0 Å². The van der Waals surface area contributed by atoms with Gasteiger partial charge in [-0.1, -0.05) is 53.3 Å². The van der Waals surface area contributed by atoms with Crippen molar-refractivity contribution in [3.05, 3.63) is 37.4 Å². The lowest BCUT2D eigenvalue weighted by molar-refractivity contribution is 1.07. The fourth-order valence-corrected chi connectivity index (χ4v) is 3.10. The number of halogens is 4. The van der Waals surface area contributed by atoms with E-state index in [9.17, 15) is 0 Å². The number of nitrogens with zero attached hydrogens (tertiary/aromatic N) is 1. The molecule has 0 radical (unpaired) electrons. The third kappa shape index (κ3) is 2.10. The molecule has 0 N–H and O–H groups in total. The number of rotatable bonds is 1. The van der Waals surface area contributed by atoms with Crippen LogP contribution in [0.4, 0.5) is 0 Å². The van der Waals surface area contributed by atoms with E-state index in [2.05, 4.69) is 4.98 Å². The molecule has 0 aliphatic carbocycles. The van der Waals surface area contributed by atoms with Crippen LogP contribution in [0.15, 0.2) is 6.07 Å². The van der Waals surface area contributed by atoms with E-state index in [1.165, 1.54) is 0 Å². The molecule has 0 aliphatic heterocycles. The van der Waals surface area contributed by atoms with E-state index >= 15 is 0 Å². The lowest BCUT2D eigenvalue weighted by Gasteiger charge is -2.12. The summed E-state index contributed by atoms with van der Waals surface area (Å²) >= 11 is 24.6. The molecule has 0 fully saturated rings. The van der Waals surface area contributed by atoms with Crippen LogP contribution in [-0.2, 0) is 6.42 Å². The smallest absolute Gasteiger partial charge is 0.0922 e. The number of hydrogen-bond donors (Lipinski definition) is 0. The summed E-state index contributed by atoms with van der Waals surface area (Å²) in [5, 5.41) is 2.47. The Bertz CT molecular complexity index is 607. The largest absolute Gasteiger partial charge is 0.251 e. The van der Waals surface area contributed by atoms with Crippen LogP contribution < -0.4 is 0 Å². The van der Waals surface area contributed by atoms with Crippen molar-refractivity contribution >= 4 is 57.3 Å². The van der Waals surface area contributed by atoms with Gasteiger partial charge >= 0.3 is 0 Å². The maximum atomic E-state index is 6.35. The van der Waals surface area contributed by atoms with Crippen molar-refractivity contribution in [3.8, 4) is 0 Å². The highest BCUT2D eigenvalue weighted by Gasteiger charge is 2.16. The van der Waals surface area contributed by atoms with Gasteiger partial charge in [-0.05, 0) is 25.0 Å². The lowest BCUT2D eigenvalue weighted by Crippen LogP contribution is -1.96. The predicted molar refractivity (Wildman–Crippen MR) is 75.9 cm³/mol. The van der Waals surface area contributed by atoms with Crippen molar-refractivity contribution in [2.75, 3.05) is 0 Å². The van der Waals surface area contributed by atoms with Crippen molar-refractivity contribution in [1.82, 2.24) is 4.98 Å². The predicted octanol–water partition coefficient (Wildman–Crippen LogP) is 5.72. The zero-order valence-corrected chi connectivity index (χ0v) is 12.3. The van der Waals surface area contributed by atoms with Gasteiger partial charge in [-0.15, -0.1) is 0 Å². The number of aromatic nitrogens is 1. The van der Waals surface area contributed by atoms with Crippen molar-refractivity contribution in [3.63, 3.8) is 0 Å². The second-order valence-corrected chi connectivity index (χ2v) is 5.29. The van der Waals surface area contributed by atoms with Gasteiger partial charge in [-0.3, -0.25) is 4.98 Å². The van der Waals surface area contributed by atoms with E-state index < -0.39 is 0 Å². The summed E-state index contributed by atoms with van der Waals surface area (Å²) in [4.78, 5) is 4.45. The molecule has 1 aromatic heterocycles. The Morgan fingerprint density at radius 3 is 2.29 bits per heavy atom. The van der Waals surface area contributed by atoms with Crippen molar-refractivity contribution in [2.24, 2.45) is 0 Å². The minimum Gasteiger partial charge on any atom is -0.251 e. The van der Waals surface area contributed by atoms with Gasteiger partial charge in [0.1, 0.15) is 0 Å². The van der Waals surface area contributed by atoms with Crippen LogP contribution in [0.3, 0.4) is 0 Å². The molecule has 0 spiro atoms. The molecule has 17 heavy (non-hydrogen) atoms. The van der Waals surface area contributed by atoms with E-state index in [0.29, 0.717) is 31.0 Å². The number of fused-ring (bicyclic) bond motifs is 1. The molecule has 5 heteroatoms. The summed E-state index contributed by atoms with van der Waals surface area (Å²) in [5.41, 5.74) is 2.44. The summed E-state index contributed by atoms with van der Waals surface area (Å²) in [6.07, 6.45) is 0.786. The third-order valence-corrected chi connectivity index (χ3v) is 4.19. The van der Waals surface area contributed by atoms with Crippen LogP contribution in [0.1, 0.15) is 18.2 Å². The maximum Gasteiger partial charge on any atom is 0.0922 e. The van der Waals surface area contributed by atoms with Gasteiger partial charge in [0.2, 0.25) is 0 Å². The first-order valence-electron chi connectivity index (χ1n) is 5.09. The molecule has 0 unspecified atom stereocenters. The summed E-state index contributed by atoms with van der Waals surface area (Å²) in [6, 6.07) is 1.59. The Labute approximate surface area is 120 Å². The first-order chi connectivity index (χ1) is 7.97. The SMILES string of the molecule is CCc1c(C)nc2c(Cl)cc(Cl)c(Cl)c2c1Cl. The summed E-state index contributed by atoms with van der Waals surface area (Å²) in [6.45, 7) is 3.92. The maximum absolute atomic E-state index is 6.35. The highest BCUT2D eigenvalue weighted by Crippen LogP contribution is 2.40. The van der Waals surface area contributed by atoms with Crippen LogP contribution >= 0.6 is 46.4 Å². The Morgan fingerprint density at radius 1 is 1.06 bits per heavy atom. The number of pyridine rings is 1. The average Bonchev–Trinajstić information content (AvgIpc) is 2.26. The van der Waals surface area contributed by atoms with Crippen molar-refractivity contribution in [2.45, 2.75) is 20.3 Å². The molecular formula is C12H9Cl4N. The van der Waals surface area contributed by atoms with Crippen LogP contribution in [0.25, 0.3) is 10.9 Å². The molecule has 1 heterocycles. The molecule has 90 valence electrons. The molecule has 0 amide bonds.